The Labute approximate surface area is 140 Å². The number of hydrogen-bond acceptors (Lipinski definition) is 2. The van der Waals surface area contributed by atoms with Crippen LogP contribution in [0.4, 0.5) is 21.9 Å². The molecule has 0 radical (unpaired) electrons. The molecule has 0 bridgehead atoms. The number of benzene rings is 2. The van der Waals surface area contributed by atoms with Crippen molar-refractivity contribution in [2.75, 3.05) is 21.8 Å². The van der Waals surface area contributed by atoms with Gasteiger partial charge in [-0.25, -0.2) is 4.79 Å². The van der Waals surface area contributed by atoms with Crippen LogP contribution in [0.5, 0.6) is 0 Å². The van der Waals surface area contributed by atoms with Gasteiger partial charge in [-0.15, -0.1) is 11.6 Å². The molecule has 0 aromatic heterocycles. The number of amides is 3. The minimum atomic E-state index is -0.376. The fourth-order valence-electron chi connectivity index (χ4n) is 1.95. The number of rotatable bonds is 6. The molecule has 2 rings (SSSR count). The summed E-state index contributed by atoms with van der Waals surface area (Å²) < 4.78 is 0. The fourth-order valence-corrected chi connectivity index (χ4v) is 2.08. The third-order valence-corrected chi connectivity index (χ3v) is 3.29. The Morgan fingerprint density at radius 1 is 0.826 bits per heavy atom. The van der Waals surface area contributed by atoms with Gasteiger partial charge < -0.3 is 16.0 Å². The molecule has 5 nitrogen and oxygen atoms in total. The monoisotopic (exact) mass is 331 g/mol. The fraction of sp³-hybridized carbons (Fsp3) is 0.176. The molecular weight excluding hydrogens is 314 g/mol. The van der Waals surface area contributed by atoms with E-state index in [1.54, 1.807) is 36.4 Å². The molecule has 2 aromatic carbocycles. The molecule has 120 valence electrons. The number of halogens is 1. The number of hydrogen-bond donors (Lipinski definition) is 3. The van der Waals surface area contributed by atoms with Crippen molar-refractivity contribution in [3.05, 3.63) is 54.6 Å². The molecule has 0 saturated carbocycles. The number of carbonyl (C=O) groups excluding carboxylic acids is 2. The summed E-state index contributed by atoms with van der Waals surface area (Å²) in [6, 6.07) is 15.8. The summed E-state index contributed by atoms with van der Waals surface area (Å²) in [6.07, 6.45) is 0.950. The second kappa shape index (κ2) is 8.80. The topological polar surface area (TPSA) is 70.2 Å². The molecule has 0 aliphatic carbocycles. The summed E-state index contributed by atoms with van der Waals surface area (Å²) in [7, 11) is 0. The number of para-hydroxylation sites is 3. The molecule has 0 aliphatic heterocycles. The summed E-state index contributed by atoms with van der Waals surface area (Å²) in [5.41, 5.74) is 1.77. The number of anilines is 3. The Balaban J connectivity index is 1.99. The zero-order valence-electron chi connectivity index (χ0n) is 12.5. The largest absolute Gasteiger partial charge is 0.324 e. The summed E-state index contributed by atoms with van der Waals surface area (Å²) >= 11 is 5.58. The van der Waals surface area contributed by atoms with Crippen molar-refractivity contribution in [1.29, 1.82) is 0 Å². The highest BCUT2D eigenvalue weighted by atomic mass is 35.5. The van der Waals surface area contributed by atoms with Crippen LogP contribution in [0.15, 0.2) is 54.6 Å². The first kappa shape index (κ1) is 16.8. The maximum atomic E-state index is 12.0. The highest BCUT2D eigenvalue weighted by Gasteiger charge is 2.09. The van der Waals surface area contributed by atoms with Crippen LogP contribution in [0, 0.1) is 0 Å². The Kier molecular flexibility index (Phi) is 6.44. The maximum Gasteiger partial charge on any atom is 0.323 e. The maximum absolute atomic E-state index is 12.0. The number of carbonyl (C=O) groups is 2. The molecule has 3 N–H and O–H groups in total. The highest BCUT2D eigenvalue weighted by molar-refractivity contribution is 6.18. The molecular formula is C17H18ClN3O2. The van der Waals surface area contributed by atoms with Crippen LogP contribution in [-0.4, -0.2) is 17.8 Å². The Hall–Kier alpha value is -2.53. The minimum Gasteiger partial charge on any atom is -0.324 e. The van der Waals surface area contributed by atoms with E-state index in [4.69, 9.17) is 11.6 Å². The standard InChI is InChI=1S/C17H18ClN3O2/c18-12-6-11-16(22)20-14-9-4-5-10-15(14)21-17(23)19-13-7-2-1-3-8-13/h1-5,7-10H,6,11-12H2,(H,20,22)(H2,19,21,23). The molecule has 23 heavy (non-hydrogen) atoms. The zero-order chi connectivity index (χ0) is 16.5. The molecule has 6 heteroatoms. The van der Waals surface area contributed by atoms with E-state index in [2.05, 4.69) is 16.0 Å². The predicted molar refractivity (Wildman–Crippen MR) is 94.1 cm³/mol. The smallest absolute Gasteiger partial charge is 0.323 e. The van der Waals surface area contributed by atoms with Crippen molar-refractivity contribution in [2.24, 2.45) is 0 Å². The SMILES string of the molecule is O=C(CCCCl)Nc1ccccc1NC(=O)Nc1ccccc1. The molecule has 0 spiro atoms. The lowest BCUT2D eigenvalue weighted by Gasteiger charge is -2.13. The number of nitrogens with one attached hydrogen (secondary N) is 3. The van der Waals surface area contributed by atoms with Crippen LogP contribution in [-0.2, 0) is 4.79 Å². The normalized spacial score (nSPS) is 9.96. The van der Waals surface area contributed by atoms with Crippen molar-refractivity contribution < 1.29 is 9.59 Å². The first-order chi connectivity index (χ1) is 11.2. The quantitative estimate of drug-likeness (QED) is 0.691. The van der Waals surface area contributed by atoms with Crippen molar-refractivity contribution in [1.82, 2.24) is 0 Å². The Bertz CT molecular complexity index is 662. The van der Waals surface area contributed by atoms with Gasteiger partial charge in [-0.2, -0.15) is 0 Å². The first-order valence-electron chi connectivity index (χ1n) is 7.27. The van der Waals surface area contributed by atoms with E-state index in [1.165, 1.54) is 0 Å². The Morgan fingerprint density at radius 3 is 2.09 bits per heavy atom. The third-order valence-electron chi connectivity index (χ3n) is 3.02. The molecule has 3 amide bonds. The van der Waals surface area contributed by atoms with E-state index in [0.29, 0.717) is 35.8 Å². The molecule has 2 aromatic rings. The minimum absolute atomic E-state index is 0.136. The van der Waals surface area contributed by atoms with Crippen molar-refractivity contribution in [3.63, 3.8) is 0 Å². The molecule has 0 fully saturated rings. The summed E-state index contributed by atoms with van der Waals surface area (Å²) in [5.74, 6) is 0.302. The highest BCUT2D eigenvalue weighted by Crippen LogP contribution is 2.21. The molecule has 0 aliphatic rings. The van der Waals surface area contributed by atoms with Gasteiger partial charge in [-0.05, 0) is 30.7 Å². The molecule has 0 heterocycles. The van der Waals surface area contributed by atoms with Crippen molar-refractivity contribution in [2.45, 2.75) is 12.8 Å². The van der Waals surface area contributed by atoms with Gasteiger partial charge >= 0.3 is 6.03 Å². The Morgan fingerprint density at radius 2 is 1.43 bits per heavy atom. The summed E-state index contributed by atoms with van der Waals surface area (Å²) in [6.45, 7) is 0. The van der Waals surface area contributed by atoms with Crippen LogP contribution in [0.3, 0.4) is 0 Å². The van der Waals surface area contributed by atoms with E-state index in [1.807, 2.05) is 18.2 Å². The van der Waals surface area contributed by atoms with E-state index >= 15 is 0 Å². The van der Waals surface area contributed by atoms with Gasteiger partial charge in [-0.1, -0.05) is 30.3 Å². The van der Waals surface area contributed by atoms with E-state index in [0.717, 1.165) is 0 Å². The van der Waals surface area contributed by atoms with Crippen molar-refractivity contribution >= 4 is 40.6 Å². The molecule has 0 atom stereocenters. The number of alkyl halides is 1. The van der Waals surface area contributed by atoms with Gasteiger partial charge in [0.1, 0.15) is 0 Å². The van der Waals surface area contributed by atoms with Gasteiger partial charge in [0.25, 0.3) is 0 Å². The van der Waals surface area contributed by atoms with E-state index in [9.17, 15) is 9.59 Å². The van der Waals surface area contributed by atoms with Crippen LogP contribution in [0.25, 0.3) is 0 Å². The van der Waals surface area contributed by atoms with Crippen LogP contribution < -0.4 is 16.0 Å². The van der Waals surface area contributed by atoms with Gasteiger partial charge in [-0.3, -0.25) is 4.79 Å². The van der Waals surface area contributed by atoms with Gasteiger partial charge in [0, 0.05) is 18.0 Å². The van der Waals surface area contributed by atoms with Crippen molar-refractivity contribution in [3.8, 4) is 0 Å². The molecule has 0 unspecified atom stereocenters. The number of urea groups is 1. The second-order valence-electron chi connectivity index (χ2n) is 4.83. The second-order valence-corrected chi connectivity index (χ2v) is 5.21. The molecule has 0 saturated heterocycles. The van der Waals surface area contributed by atoms with Crippen LogP contribution in [0.2, 0.25) is 0 Å². The lowest BCUT2D eigenvalue weighted by Crippen LogP contribution is -2.21. The average molecular weight is 332 g/mol. The summed E-state index contributed by atoms with van der Waals surface area (Å²) in [4.78, 5) is 23.8. The van der Waals surface area contributed by atoms with Crippen LogP contribution in [0.1, 0.15) is 12.8 Å². The summed E-state index contributed by atoms with van der Waals surface area (Å²) in [5, 5.41) is 8.23. The lowest BCUT2D eigenvalue weighted by molar-refractivity contribution is -0.116. The van der Waals surface area contributed by atoms with Gasteiger partial charge in [0.15, 0.2) is 0 Å². The van der Waals surface area contributed by atoms with Gasteiger partial charge in [0.2, 0.25) is 5.91 Å². The zero-order valence-corrected chi connectivity index (χ0v) is 13.3. The van der Waals surface area contributed by atoms with E-state index < -0.39 is 0 Å². The van der Waals surface area contributed by atoms with Gasteiger partial charge in [0.05, 0.1) is 11.4 Å². The first-order valence-corrected chi connectivity index (χ1v) is 7.80. The van der Waals surface area contributed by atoms with E-state index in [-0.39, 0.29) is 11.9 Å². The average Bonchev–Trinajstić information content (AvgIpc) is 2.55. The van der Waals surface area contributed by atoms with Crippen LogP contribution >= 0.6 is 11.6 Å². The lowest BCUT2D eigenvalue weighted by atomic mass is 10.2. The predicted octanol–water partition coefficient (Wildman–Crippen LogP) is 4.29. The third kappa shape index (κ3) is 5.64.